The molecule has 1 aromatic rings. The third-order valence-electron chi connectivity index (χ3n) is 3.68. The van der Waals surface area contributed by atoms with Crippen molar-refractivity contribution in [3.63, 3.8) is 0 Å². The molecule has 0 aliphatic rings. The number of hydrogen-bond donors (Lipinski definition) is 3. The fourth-order valence-electron chi connectivity index (χ4n) is 2.26. The molecule has 0 bridgehead atoms. The Bertz CT molecular complexity index is 720. The molecule has 1 aromatic heterocycles. The lowest BCUT2D eigenvalue weighted by atomic mass is 10.1. The largest absolute Gasteiger partial charge is 0.444 e. The van der Waals surface area contributed by atoms with Crippen LogP contribution in [0, 0.1) is 17.9 Å². The van der Waals surface area contributed by atoms with E-state index in [-0.39, 0.29) is 5.54 Å². The van der Waals surface area contributed by atoms with Crippen molar-refractivity contribution in [2.45, 2.75) is 71.9 Å². The van der Waals surface area contributed by atoms with E-state index in [0.29, 0.717) is 30.9 Å². The van der Waals surface area contributed by atoms with Gasteiger partial charge in [-0.25, -0.2) is 9.78 Å². The van der Waals surface area contributed by atoms with E-state index in [2.05, 4.69) is 37.8 Å². The summed E-state index contributed by atoms with van der Waals surface area (Å²) < 4.78 is 18.5. The maximum absolute atomic E-state index is 13.2. The number of alkyl carbamates (subject to hydrolysis) is 1. The average Bonchev–Trinajstić information content (AvgIpc) is 2.61. The number of halogens is 1. The normalized spacial score (nSPS) is 11.4. The third kappa shape index (κ3) is 11.3. The van der Waals surface area contributed by atoms with Gasteiger partial charge in [-0.1, -0.05) is 18.8 Å². The van der Waals surface area contributed by atoms with E-state index in [1.54, 1.807) is 0 Å². The molecule has 1 heterocycles. The van der Waals surface area contributed by atoms with Gasteiger partial charge in [-0.15, -0.1) is 0 Å². The van der Waals surface area contributed by atoms with Crippen LogP contribution in [0.15, 0.2) is 6.20 Å². The predicted octanol–water partition coefficient (Wildman–Crippen LogP) is 3.46. The van der Waals surface area contributed by atoms with Gasteiger partial charge in [0, 0.05) is 25.0 Å². The molecule has 0 radical (unpaired) electrons. The van der Waals surface area contributed by atoms with Crippen LogP contribution in [-0.4, -0.2) is 46.8 Å². The van der Waals surface area contributed by atoms with Crippen LogP contribution in [0.4, 0.5) is 15.0 Å². The highest BCUT2D eigenvalue weighted by atomic mass is 19.1. The predicted molar refractivity (Wildman–Crippen MR) is 113 cm³/mol. The van der Waals surface area contributed by atoms with Crippen molar-refractivity contribution in [3.8, 4) is 11.8 Å². The zero-order valence-electron chi connectivity index (χ0n) is 18.4. The molecule has 0 aliphatic carbocycles. The summed E-state index contributed by atoms with van der Waals surface area (Å²) in [6.45, 7) is 13.4. The molecular weight excluding hydrogens is 373 g/mol. The van der Waals surface area contributed by atoms with Crippen LogP contribution in [0.1, 0.15) is 66.4 Å². The van der Waals surface area contributed by atoms with Crippen molar-refractivity contribution in [1.29, 1.82) is 0 Å². The second-order valence-electron chi connectivity index (χ2n) is 8.40. The van der Waals surface area contributed by atoms with E-state index < -0.39 is 17.8 Å². The summed E-state index contributed by atoms with van der Waals surface area (Å²) in [5, 5.41) is 9.24. The molecule has 0 atom stereocenters. The first-order valence-corrected chi connectivity index (χ1v) is 9.99. The van der Waals surface area contributed by atoms with Gasteiger partial charge in [0.2, 0.25) is 0 Å². The number of carbonyl (C=O) groups is 1. The van der Waals surface area contributed by atoms with Crippen molar-refractivity contribution in [2.75, 3.05) is 25.0 Å². The quantitative estimate of drug-likeness (QED) is 0.330. The SMILES string of the molecule is CCCNc1nc(F)ncc1C#CCCCNC(C)(C)CNC(=O)OC(C)(C)C. The van der Waals surface area contributed by atoms with Gasteiger partial charge in [0.15, 0.2) is 0 Å². The van der Waals surface area contributed by atoms with Gasteiger partial charge in [-0.05, 0) is 54.0 Å². The van der Waals surface area contributed by atoms with Crippen molar-refractivity contribution in [1.82, 2.24) is 20.6 Å². The number of hydrogen-bond acceptors (Lipinski definition) is 6. The van der Waals surface area contributed by atoms with Crippen molar-refractivity contribution < 1.29 is 13.9 Å². The Hall–Kier alpha value is -2.40. The Morgan fingerprint density at radius 1 is 1.24 bits per heavy atom. The fourth-order valence-corrected chi connectivity index (χ4v) is 2.26. The molecule has 0 unspecified atom stereocenters. The topological polar surface area (TPSA) is 88.2 Å². The van der Waals surface area contributed by atoms with Crippen LogP contribution in [0.25, 0.3) is 0 Å². The lowest BCUT2D eigenvalue weighted by Gasteiger charge is -2.27. The van der Waals surface area contributed by atoms with Crippen LogP contribution < -0.4 is 16.0 Å². The van der Waals surface area contributed by atoms with Crippen LogP contribution in [0.3, 0.4) is 0 Å². The van der Waals surface area contributed by atoms with Gasteiger partial charge in [0.1, 0.15) is 11.4 Å². The maximum atomic E-state index is 13.2. The lowest BCUT2D eigenvalue weighted by Crippen LogP contribution is -2.50. The number of amides is 1. The summed E-state index contributed by atoms with van der Waals surface area (Å²) in [7, 11) is 0. The second-order valence-corrected chi connectivity index (χ2v) is 8.40. The molecule has 1 rings (SSSR count). The first kappa shape index (κ1) is 24.6. The summed E-state index contributed by atoms with van der Waals surface area (Å²) in [5.74, 6) is 6.51. The molecule has 0 saturated carbocycles. The van der Waals surface area contributed by atoms with Crippen LogP contribution in [0.5, 0.6) is 0 Å². The Labute approximate surface area is 173 Å². The molecule has 29 heavy (non-hydrogen) atoms. The number of anilines is 1. The average molecular weight is 408 g/mol. The number of nitrogens with zero attached hydrogens (tertiary/aromatic N) is 2. The number of aromatic nitrogens is 2. The summed E-state index contributed by atoms with van der Waals surface area (Å²) in [6, 6.07) is 0. The lowest BCUT2D eigenvalue weighted by molar-refractivity contribution is 0.0513. The number of ether oxygens (including phenoxy) is 1. The molecule has 0 aromatic carbocycles. The number of unbranched alkanes of at least 4 members (excludes halogenated alkanes) is 1. The monoisotopic (exact) mass is 407 g/mol. The van der Waals surface area contributed by atoms with E-state index in [4.69, 9.17) is 4.74 Å². The van der Waals surface area contributed by atoms with Crippen molar-refractivity contribution in [3.05, 3.63) is 17.8 Å². The van der Waals surface area contributed by atoms with Crippen molar-refractivity contribution in [2.24, 2.45) is 0 Å². The Morgan fingerprint density at radius 3 is 2.62 bits per heavy atom. The molecule has 0 spiro atoms. The zero-order chi connectivity index (χ0) is 21.9. The molecule has 0 fully saturated rings. The van der Waals surface area contributed by atoms with E-state index >= 15 is 0 Å². The summed E-state index contributed by atoms with van der Waals surface area (Å²) in [5.41, 5.74) is -0.191. The zero-order valence-corrected chi connectivity index (χ0v) is 18.4. The molecular formula is C21H34FN5O2. The van der Waals surface area contributed by atoms with Gasteiger partial charge < -0.3 is 20.7 Å². The van der Waals surface area contributed by atoms with Gasteiger partial charge >= 0.3 is 12.2 Å². The smallest absolute Gasteiger partial charge is 0.407 e. The minimum Gasteiger partial charge on any atom is -0.444 e. The highest BCUT2D eigenvalue weighted by molar-refractivity contribution is 5.67. The Morgan fingerprint density at radius 2 is 1.97 bits per heavy atom. The third-order valence-corrected chi connectivity index (χ3v) is 3.68. The summed E-state index contributed by atoms with van der Waals surface area (Å²) in [4.78, 5) is 19.1. The van der Waals surface area contributed by atoms with E-state index in [1.165, 1.54) is 6.20 Å². The minimum absolute atomic E-state index is 0.271. The highest BCUT2D eigenvalue weighted by Gasteiger charge is 2.20. The molecule has 3 N–H and O–H groups in total. The van der Waals surface area contributed by atoms with Gasteiger partial charge in [-0.3, -0.25) is 0 Å². The molecule has 162 valence electrons. The van der Waals surface area contributed by atoms with E-state index in [0.717, 1.165) is 19.4 Å². The molecule has 0 saturated heterocycles. The highest BCUT2D eigenvalue weighted by Crippen LogP contribution is 2.10. The van der Waals surface area contributed by atoms with E-state index in [1.807, 2.05) is 41.5 Å². The molecule has 8 heteroatoms. The maximum Gasteiger partial charge on any atom is 0.407 e. The van der Waals surface area contributed by atoms with Crippen LogP contribution >= 0.6 is 0 Å². The van der Waals surface area contributed by atoms with Gasteiger partial charge in [-0.2, -0.15) is 9.37 Å². The first-order chi connectivity index (χ1) is 13.5. The van der Waals surface area contributed by atoms with E-state index in [9.17, 15) is 9.18 Å². The van der Waals surface area contributed by atoms with Crippen LogP contribution in [0.2, 0.25) is 0 Å². The van der Waals surface area contributed by atoms with Gasteiger partial charge in [0.05, 0.1) is 11.8 Å². The number of rotatable bonds is 9. The summed E-state index contributed by atoms with van der Waals surface area (Å²) in [6.07, 6.45) is 2.63. The molecule has 7 nitrogen and oxygen atoms in total. The van der Waals surface area contributed by atoms with Gasteiger partial charge in [0.25, 0.3) is 0 Å². The number of carbonyl (C=O) groups excluding carboxylic acids is 1. The standard InChI is InChI=1S/C21H34FN5O2/c1-7-12-23-17-16(14-24-18(22)27-17)11-9-8-10-13-26-21(5,6)15-25-19(28)29-20(2,3)4/h14,26H,7-8,10,12-13,15H2,1-6H3,(H,25,28)(H,23,24,27). The molecule has 0 aliphatic heterocycles. The number of nitrogens with one attached hydrogen (secondary N) is 3. The fraction of sp³-hybridized carbons (Fsp3) is 0.667. The Balaban J connectivity index is 2.39. The second kappa shape index (κ2) is 11.6. The minimum atomic E-state index is -0.763. The van der Waals surface area contributed by atoms with Crippen LogP contribution in [-0.2, 0) is 4.74 Å². The van der Waals surface area contributed by atoms with Crippen molar-refractivity contribution >= 4 is 11.9 Å². The Kier molecular flexibility index (Phi) is 9.83. The molecule has 1 amide bonds. The first-order valence-electron chi connectivity index (χ1n) is 9.99. The summed E-state index contributed by atoms with van der Waals surface area (Å²) >= 11 is 0.